The molecule has 1 aliphatic heterocycles. The molecule has 8 heteroatoms. The molecule has 1 aromatic heterocycles. The highest BCUT2D eigenvalue weighted by atomic mass is 16.5. The van der Waals surface area contributed by atoms with Gasteiger partial charge in [-0.2, -0.15) is 0 Å². The summed E-state index contributed by atoms with van der Waals surface area (Å²) in [5.74, 6) is -0.242. The lowest BCUT2D eigenvalue weighted by Gasteiger charge is -2.26. The first kappa shape index (κ1) is 18.7. The van der Waals surface area contributed by atoms with Gasteiger partial charge in [-0.3, -0.25) is 9.59 Å². The van der Waals surface area contributed by atoms with E-state index in [2.05, 4.69) is 10.4 Å². The Balaban J connectivity index is 1.53. The molecule has 3 N–H and O–H groups in total. The second-order valence-corrected chi connectivity index (χ2v) is 6.64. The number of aromatic nitrogens is 2. The molecule has 2 amide bonds. The van der Waals surface area contributed by atoms with E-state index >= 15 is 0 Å². The van der Waals surface area contributed by atoms with Crippen molar-refractivity contribution in [1.82, 2.24) is 14.7 Å². The van der Waals surface area contributed by atoms with E-state index in [-0.39, 0.29) is 11.5 Å². The van der Waals surface area contributed by atoms with Gasteiger partial charge in [0, 0.05) is 30.5 Å². The number of amides is 2. The zero-order valence-electron chi connectivity index (χ0n) is 15.7. The van der Waals surface area contributed by atoms with Crippen molar-refractivity contribution in [3.05, 3.63) is 71.9 Å². The molecule has 2 heterocycles. The number of primary amides is 1. The lowest BCUT2D eigenvalue weighted by molar-refractivity contribution is 0.0303. The van der Waals surface area contributed by atoms with Gasteiger partial charge in [-0.05, 0) is 36.4 Å². The minimum absolute atomic E-state index is 0.0222. The summed E-state index contributed by atoms with van der Waals surface area (Å²) in [5.41, 5.74) is 7.91. The highest BCUT2D eigenvalue weighted by Crippen LogP contribution is 2.22. The number of ether oxygens (including phenoxy) is 1. The summed E-state index contributed by atoms with van der Waals surface area (Å²) in [4.78, 5) is 26.2. The summed E-state index contributed by atoms with van der Waals surface area (Å²) in [7, 11) is 0. The SMILES string of the molecule is NC(=O)c1cn(-c2ccccc2)nc1Nc1ccc(C(=O)N2CCOCC2)cc1. The summed E-state index contributed by atoms with van der Waals surface area (Å²) in [6, 6.07) is 16.5. The lowest BCUT2D eigenvalue weighted by Crippen LogP contribution is -2.40. The second kappa shape index (κ2) is 8.15. The number of rotatable bonds is 5. The van der Waals surface area contributed by atoms with Crippen LogP contribution in [0.15, 0.2) is 60.8 Å². The van der Waals surface area contributed by atoms with Crippen LogP contribution in [0.3, 0.4) is 0 Å². The number of morpholine rings is 1. The quantitative estimate of drug-likeness (QED) is 0.694. The average molecular weight is 391 g/mol. The Kier molecular flexibility index (Phi) is 5.26. The molecule has 3 aromatic rings. The average Bonchev–Trinajstić information content (AvgIpc) is 3.19. The van der Waals surface area contributed by atoms with E-state index in [1.54, 1.807) is 40.0 Å². The molecule has 0 saturated carbocycles. The van der Waals surface area contributed by atoms with E-state index in [9.17, 15) is 9.59 Å². The van der Waals surface area contributed by atoms with Crippen LogP contribution in [-0.2, 0) is 4.74 Å². The predicted octanol–water partition coefficient (Wildman–Crippen LogP) is 2.19. The van der Waals surface area contributed by atoms with Crippen molar-refractivity contribution in [2.75, 3.05) is 31.6 Å². The fourth-order valence-electron chi connectivity index (χ4n) is 3.14. The first-order valence-electron chi connectivity index (χ1n) is 9.31. The summed E-state index contributed by atoms with van der Waals surface area (Å²) < 4.78 is 6.88. The molecule has 1 saturated heterocycles. The second-order valence-electron chi connectivity index (χ2n) is 6.64. The van der Waals surface area contributed by atoms with Crippen LogP contribution in [0.25, 0.3) is 5.69 Å². The Labute approximate surface area is 167 Å². The Morgan fingerprint density at radius 1 is 1.00 bits per heavy atom. The Morgan fingerprint density at radius 2 is 1.69 bits per heavy atom. The van der Waals surface area contributed by atoms with Crippen molar-refractivity contribution in [2.24, 2.45) is 5.73 Å². The number of hydrogen-bond donors (Lipinski definition) is 2. The summed E-state index contributed by atoms with van der Waals surface area (Å²) in [6.07, 6.45) is 1.59. The molecule has 0 radical (unpaired) electrons. The van der Waals surface area contributed by atoms with Gasteiger partial charge in [0.2, 0.25) is 0 Å². The number of hydrogen-bond acceptors (Lipinski definition) is 5. The van der Waals surface area contributed by atoms with Crippen LogP contribution in [0.2, 0.25) is 0 Å². The van der Waals surface area contributed by atoms with Crippen molar-refractivity contribution in [1.29, 1.82) is 0 Å². The monoisotopic (exact) mass is 391 g/mol. The zero-order valence-corrected chi connectivity index (χ0v) is 15.7. The van der Waals surface area contributed by atoms with Crippen molar-refractivity contribution < 1.29 is 14.3 Å². The molecule has 148 valence electrons. The number of carbonyl (C=O) groups is 2. The van der Waals surface area contributed by atoms with E-state index in [1.165, 1.54) is 0 Å². The molecule has 1 aliphatic rings. The molecule has 29 heavy (non-hydrogen) atoms. The minimum Gasteiger partial charge on any atom is -0.378 e. The van der Waals surface area contributed by atoms with Crippen LogP contribution in [0, 0.1) is 0 Å². The normalized spacial score (nSPS) is 13.9. The highest BCUT2D eigenvalue weighted by Gasteiger charge is 2.19. The largest absolute Gasteiger partial charge is 0.378 e. The molecule has 2 aromatic carbocycles. The van der Waals surface area contributed by atoms with E-state index in [1.807, 2.05) is 30.3 Å². The van der Waals surface area contributed by atoms with Crippen LogP contribution < -0.4 is 11.1 Å². The third kappa shape index (κ3) is 4.12. The van der Waals surface area contributed by atoms with Crippen LogP contribution >= 0.6 is 0 Å². The van der Waals surface area contributed by atoms with Crippen LogP contribution in [0.5, 0.6) is 0 Å². The van der Waals surface area contributed by atoms with E-state index in [0.29, 0.717) is 43.4 Å². The Morgan fingerprint density at radius 3 is 2.34 bits per heavy atom. The topological polar surface area (TPSA) is 102 Å². The van der Waals surface area contributed by atoms with Gasteiger partial charge >= 0.3 is 0 Å². The van der Waals surface area contributed by atoms with Gasteiger partial charge in [0.1, 0.15) is 5.56 Å². The standard InChI is InChI=1S/C21H21N5O3/c22-19(27)18-14-26(17-4-2-1-3-5-17)24-20(18)23-16-8-6-15(7-9-16)21(28)25-10-12-29-13-11-25/h1-9,14H,10-13H2,(H2,22,27)(H,23,24). The van der Waals surface area contributed by atoms with Gasteiger partial charge in [0.05, 0.1) is 18.9 Å². The first-order chi connectivity index (χ1) is 14.1. The maximum absolute atomic E-state index is 12.5. The van der Waals surface area contributed by atoms with Crippen molar-refractivity contribution >= 4 is 23.3 Å². The molecular weight excluding hydrogens is 370 g/mol. The number of nitrogens with zero attached hydrogens (tertiary/aromatic N) is 3. The summed E-state index contributed by atoms with van der Waals surface area (Å²) >= 11 is 0. The number of benzene rings is 2. The van der Waals surface area contributed by atoms with Gasteiger partial charge in [0.25, 0.3) is 11.8 Å². The number of carbonyl (C=O) groups excluding carboxylic acids is 2. The van der Waals surface area contributed by atoms with Crippen LogP contribution in [-0.4, -0.2) is 52.8 Å². The van der Waals surface area contributed by atoms with Crippen LogP contribution in [0.4, 0.5) is 11.5 Å². The molecule has 0 spiro atoms. The molecule has 0 unspecified atom stereocenters. The third-order valence-electron chi connectivity index (χ3n) is 4.69. The smallest absolute Gasteiger partial charge is 0.254 e. The highest BCUT2D eigenvalue weighted by molar-refractivity contribution is 5.98. The zero-order chi connectivity index (χ0) is 20.2. The van der Waals surface area contributed by atoms with E-state index in [4.69, 9.17) is 10.5 Å². The minimum atomic E-state index is -0.575. The predicted molar refractivity (Wildman–Crippen MR) is 109 cm³/mol. The van der Waals surface area contributed by atoms with Gasteiger partial charge < -0.3 is 20.7 Å². The Hall–Kier alpha value is -3.65. The van der Waals surface area contributed by atoms with Crippen molar-refractivity contribution in [3.63, 3.8) is 0 Å². The van der Waals surface area contributed by atoms with E-state index < -0.39 is 5.91 Å². The van der Waals surface area contributed by atoms with Gasteiger partial charge in [-0.1, -0.05) is 18.2 Å². The van der Waals surface area contributed by atoms with E-state index in [0.717, 1.165) is 5.69 Å². The molecule has 0 atom stereocenters. The van der Waals surface area contributed by atoms with Crippen molar-refractivity contribution in [3.8, 4) is 5.69 Å². The lowest BCUT2D eigenvalue weighted by atomic mass is 10.1. The molecule has 8 nitrogen and oxygen atoms in total. The third-order valence-corrected chi connectivity index (χ3v) is 4.69. The molecule has 1 fully saturated rings. The molecule has 4 rings (SSSR count). The maximum Gasteiger partial charge on any atom is 0.254 e. The van der Waals surface area contributed by atoms with Crippen molar-refractivity contribution in [2.45, 2.75) is 0 Å². The fraction of sp³-hybridized carbons (Fsp3) is 0.190. The summed E-state index contributed by atoms with van der Waals surface area (Å²) in [6.45, 7) is 2.31. The Bertz CT molecular complexity index is 1010. The number of nitrogens with one attached hydrogen (secondary N) is 1. The first-order valence-corrected chi connectivity index (χ1v) is 9.31. The van der Waals surface area contributed by atoms with Gasteiger partial charge in [0.15, 0.2) is 5.82 Å². The molecular formula is C21H21N5O3. The molecule has 0 aliphatic carbocycles. The number of nitrogens with two attached hydrogens (primary N) is 1. The molecule has 0 bridgehead atoms. The maximum atomic E-state index is 12.5. The van der Waals surface area contributed by atoms with Gasteiger partial charge in [-0.15, -0.1) is 5.10 Å². The number of para-hydroxylation sites is 1. The summed E-state index contributed by atoms with van der Waals surface area (Å²) in [5, 5.41) is 7.56. The van der Waals surface area contributed by atoms with Crippen LogP contribution in [0.1, 0.15) is 20.7 Å². The van der Waals surface area contributed by atoms with Gasteiger partial charge in [-0.25, -0.2) is 4.68 Å². The number of anilines is 2. The fourth-order valence-corrected chi connectivity index (χ4v) is 3.14.